The molecule has 0 aliphatic heterocycles. The van der Waals surface area contributed by atoms with Crippen molar-refractivity contribution >= 4 is 11.9 Å². The molecule has 0 spiro atoms. The summed E-state index contributed by atoms with van der Waals surface area (Å²) in [7, 11) is 0. The SMILES string of the molecule is CC1CCC(NC(=O)[C@H]2C3C=CC(C3)[C@H]2C(=O)O)C1C. The van der Waals surface area contributed by atoms with E-state index in [1.54, 1.807) is 0 Å². The highest BCUT2D eigenvalue weighted by molar-refractivity contribution is 5.87. The quantitative estimate of drug-likeness (QED) is 0.776. The number of aliphatic carboxylic acids is 1. The molecule has 3 rings (SSSR count). The van der Waals surface area contributed by atoms with Gasteiger partial charge < -0.3 is 10.4 Å². The summed E-state index contributed by atoms with van der Waals surface area (Å²) in [5.41, 5.74) is 0. The largest absolute Gasteiger partial charge is 0.481 e. The Morgan fingerprint density at radius 3 is 2.30 bits per heavy atom. The van der Waals surface area contributed by atoms with Gasteiger partial charge in [0.1, 0.15) is 0 Å². The summed E-state index contributed by atoms with van der Waals surface area (Å²) < 4.78 is 0. The fraction of sp³-hybridized carbons (Fsp3) is 0.750. The third-order valence-electron chi connectivity index (χ3n) is 5.84. The van der Waals surface area contributed by atoms with E-state index in [1.165, 1.54) is 0 Å². The molecule has 2 N–H and O–H groups in total. The highest BCUT2D eigenvalue weighted by Crippen LogP contribution is 2.48. The minimum absolute atomic E-state index is 0.0415. The van der Waals surface area contributed by atoms with Gasteiger partial charge in [0.25, 0.3) is 0 Å². The zero-order chi connectivity index (χ0) is 14.4. The summed E-state index contributed by atoms with van der Waals surface area (Å²) in [5.74, 6) is -0.477. The lowest BCUT2D eigenvalue weighted by molar-refractivity contribution is -0.148. The normalized spacial score (nSPS) is 45.8. The third-order valence-corrected chi connectivity index (χ3v) is 5.84. The number of nitrogens with one attached hydrogen (secondary N) is 1. The first-order chi connectivity index (χ1) is 9.49. The Hall–Kier alpha value is -1.32. The van der Waals surface area contributed by atoms with E-state index in [1.807, 2.05) is 12.2 Å². The Morgan fingerprint density at radius 1 is 1.10 bits per heavy atom. The standard InChI is InChI=1S/C16H23NO3/c1-8-3-6-12(9(8)2)17-15(18)13-10-4-5-11(7-10)14(13)16(19)20/h4-5,8-14H,3,6-7H2,1-2H3,(H,17,18)(H,19,20)/t8?,9?,10?,11?,12?,13-,14+/m0/s1. The van der Waals surface area contributed by atoms with E-state index in [0.29, 0.717) is 11.8 Å². The molecule has 0 aromatic heterocycles. The molecule has 2 bridgehead atoms. The summed E-state index contributed by atoms with van der Waals surface area (Å²) in [6.07, 6.45) is 7.00. The number of allylic oxidation sites excluding steroid dienone is 2. The number of hydrogen-bond donors (Lipinski definition) is 2. The number of carboxylic acid groups (broad SMARTS) is 1. The lowest BCUT2D eigenvalue weighted by Crippen LogP contribution is -2.45. The zero-order valence-electron chi connectivity index (χ0n) is 12.1. The first-order valence-electron chi connectivity index (χ1n) is 7.70. The highest BCUT2D eigenvalue weighted by Gasteiger charge is 2.52. The molecular formula is C16H23NO3. The number of fused-ring (bicyclic) bond motifs is 2. The number of carbonyl (C=O) groups excluding carboxylic acids is 1. The Bertz CT molecular complexity index is 459. The van der Waals surface area contributed by atoms with Crippen LogP contribution in [0.5, 0.6) is 0 Å². The predicted molar refractivity (Wildman–Crippen MR) is 74.8 cm³/mol. The van der Waals surface area contributed by atoms with Crippen LogP contribution in [-0.4, -0.2) is 23.0 Å². The summed E-state index contributed by atoms with van der Waals surface area (Å²) >= 11 is 0. The van der Waals surface area contributed by atoms with Crippen molar-refractivity contribution in [3.63, 3.8) is 0 Å². The molecule has 0 saturated heterocycles. The molecule has 1 amide bonds. The Labute approximate surface area is 119 Å². The van der Waals surface area contributed by atoms with E-state index in [9.17, 15) is 14.7 Å². The van der Waals surface area contributed by atoms with Crippen LogP contribution in [-0.2, 0) is 9.59 Å². The van der Waals surface area contributed by atoms with Gasteiger partial charge in [-0.05, 0) is 42.9 Å². The van der Waals surface area contributed by atoms with Gasteiger partial charge in [-0.3, -0.25) is 9.59 Å². The molecule has 3 aliphatic carbocycles. The van der Waals surface area contributed by atoms with Crippen molar-refractivity contribution < 1.29 is 14.7 Å². The van der Waals surface area contributed by atoms with E-state index in [0.717, 1.165) is 19.3 Å². The van der Waals surface area contributed by atoms with Crippen molar-refractivity contribution in [2.24, 2.45) is 35.5 Å². The van der Waals surface area contributed by atoms with Crippen LogP contribution in [0.25, 0.3) is 0 Å². The second-order valence-corrected chi connectivity index (χ2v) is 6.87. The van der Waals surface area contributed by atoms with Crippen molar-refractivity contribution in [1.29, 1.82) is 0 Å². The maximum absolute atomic E-state index is 12.5. The van der Waals surface area contributed by atoms with E-state index >= 15 is 0 Å². The molecule has 0 heterocycles. The minimum Gasteiger partial charge on any atom is -0.481 e. The second-order valence-electron chi connectivity index (χ2n) is 6.87. The molecule has 4 heteroatoms. The molecule has 2 saturated carbocycles. The molecular weight excluding hydrogens is 254 g/mol. The van der Waals surface area contributed by atoms with E-state index in [-0.39, 0.29) is 29.7 Å². The van der Waals surface area contributed by atoms with Crippen molar-refractivity contribution in [3.8, 4) is 0 Å². The molecule has 7 atom stereocenters. The molecule has 110 valence electrons. The summed E-state index contributed by atoms with van der Waals surface area (Å²) in [6, 6.07) is 0.218. The highest BCUT2D eigenvalue weighted by atomic mass is 16.4. The van der Waals surface area contributed by atoms with E-state index in [2.05, 4.69) is 19.2 Å². The van der Waals surface area contributed by atoms with Gasteiger partial charge in [0.2, 0.25) is 5.91 Å². The molecule has 2 fully saturated rings. The van der Waals surface area contributed by atoms with Crippen molar-refractivity contribution in [2.75, 3.05) is 0 Å². The molecule has 0 aromatic carbocycles. The molecule has 0 aromatic rings. The molecule has 5 unspecified atom stereocenters. The smallest absolute Gasteiger partial charge is 0.307 e. The van der Waals surface area contributed by atoms with Gasteiger partial charge in [0.15, 0.2) is 0 Å². The van der Waals surface area contributed by atoms with Crippen molar-refractivity contribution in [1.82, 2.24) is 5.32 Å². The van der Waals surface area contributed by atoms with Gasteiger partial charge in [0, 0.05) is 6.04 Å². The lowest BCUT2D eigenvalue weighted by atomic mass is 9.82. The number of hydrogen-bond acceptors (Lipinski definition) is 2. The van der Waals surface area contributed by atoms with E-state index < -0.39 is 11.9 Å². The van der Waals surface area contributed by atoms with Crippen LogP contribution in [0.3, 0.4) is 0 Å². The zero-order valence-corrected chi connectivity index (χ0v) is 12.1. The molecule has 3 aliphatic rings. The Kier molecular flexibility index (Phi) is 3.35. The monoisotopic (exact) mass is 277 g/mol. The number of carbonyl (C=O) groups is 2. The van der Waals surface area contributed by atoms with Crippen LogP contribution in [0.2, 0.25) is 0 Å². The van der Waals surface area contributed by atoms with Crippen LogP contribution in [0, 0.1) is 35.5 Å². The molecule has 20 heavy (non-hydrogen) atoms. The van der Waals surface area contributed by atoms with Gasteiger partial charge in [-0.1, -0.05) is 26.0 Å². The first-order valence-corrected chi connectivity index (χ1v) is 7.70. The average molecular weight is 277 g/mol. The first kappa shape index (κ1) is 13.7. The van der Waals surface area contributed by atoms with Gasteiger partial charge in [-0.25, -0.2) is 0 Å². The van der Waals surface area contributed by atoms with E-state index in [4.69, 9.17) is 0 Å². The Balaban J connectivity index is 1.71. The summed E-state index contributed by atoms with van der Waals surface area (Å²) in [6.45, 7) is 4.40. The molecule has 4 nitrogen and oxygen atoms in total. The number of rotatable bonds is 3. The van der Waals surface area contributed by atoms with Crippen LogP contribution >= 0.6 is 0 Å². The van der Waals surface area contributed by atoms with Gasteiger partial charge in [-0.15, -0.1) is 0 Å². The maximum Gasteiger partial charge on any atom is 0.307 e. The average Bonchev–Trinajstić information content (AvgIpc) is 3.08. The second kappa shape index (κ2) is 4.90. The van der Waals surface area contributed by atoms with Crippen LogP contribution in [0.15, 0.2) is 12.2 Å². The summed E-state index contributed by atoms with van der Waals surface area (Å²) in [5, 5.41) is 12.5. The van der Waals surface area contributed by atoms with Crippen LogP contribution in [0.1, 0.15) is 33.1 Å². The van der Waals surface area contributed by atoms with Crippen molar-refractivity contribution in [2.45, 2.75) is 39.2 Å². The lowest BCUT2D eigenvalue weighted by Gasteiger charge is -2.27. The van der Waals surface area contributed by atoms with Crippen LogP contribution < -0.4 is 5.32 Å². The van der Waals surface area contributed by atoms with Gasteiger partial charge in [0.05, 0.1) is 11.8 Å². The fourth-order valence-corrected chi connectivity index (χ4v) is 4.36. The number of amides is 1. The van der Waals surface area contributed by atoms with Gasteiger partial charge in [-0.2, -0.15) is 0 Å². The third kappa shape index (κ3) is 2.05. The van der Waals surface area contributed by atoms with Gasteiger partial charge >= 0.3 is 5.97 Å². The fourth-order valence-electron chi connectivity index (χ4n) is 4.36. The predicted octanol–water partition coefficient (Wildman–Crippen LogP) is 2.06. The molecule has 0 radical (unpaired) electrons. The topological polar surface area (TPSA) is 66.4 Å². The Morgan fingerprint density at radius 2 is 1.75 bits per heavy atom. The summed E-state index contributed by atoms with van der Waals surface area (Å²) in [4.78, 5) is 24.0. The maximum atomic E-state index is 12.5. The number of carboxylic acids is 1. The van der Waals surface area contributed by atoms with Crippen LogP contribution in [0.4, 0.5) is 0 Å². The minimum atomic E-state index is -0.824. The van der Waals surface area contributed by atoms with Crippen molar-refractivity contribution in [3.05, 3.63) is 12.2 Å².